The van der Waals surface area contributed by atoms with Crippen LogP contribution in [0.3, 0.4) is 0 Å². The van der Waals surface area contributed by atoms with Gasteiger partial charge in [0.05, 0.1) is 30.2 Å². The summed E-state index contributed by atoms with van der Waals surface area (Å²) in [4.78, 5) is 39.2. The van der Waals surface area contributed by atoms with Crippen LogP contribution in [0.4, 0.5) is 4.79 Å². The lowest BCUT2D eigenvalue weighted by atomic mass is 9.83. The fraction of sp³-hybridized carbons (Fsp3) is 0.757. The zero-order valence-corrected chi connectivity index (χ0v) is 33.0. The van der Waals surface area contributed by atoms with Crippen molar-refractivity contribution in [3.8, 4) is 5.75 Å². The molecule has 2 amide bonds. The third-order valence-electron chi connectivity index (χ3n) is 9.17. The smallest absolute Gasteiger partial charge is 0.407 e. The number of amides is 2. The zero-order valence-electron chi connectivity index (χ0n) is 32.0. The fourth-order valence-electron chi connectivity index (χ4n) is 5.07. The van der Waals surface area contributed by atoms with Crippen LogP contribution in [-0.2, 0) is 18.7 Å². The number of unbranched alkanes of at least 4 members (excludes halogenated alkanes) is 1. The van der Waals surface area contributed by atoms with Gasteiger partial charge in [0, 0.05) is 20.3 Å². The van der Waals surface area contributed by atoms with Crippen LogP contribution in [0.1, 0.15) is 105 Å². The second-order valence-corrected chi connectivity index (χ2v) is 20.8. The van der Waals surface area contributed by atoms with Gasteiger partial charge in [-0.25, -0.2) is 4.79 Å². The van der Waals surface area contributed by atoms with Crippen molar-refractivity contribution in [2.75, 3.05) is 26.9 Å². The van der Waals surface area contributed by atoms with Gasteiger partial charge in [0.2, 0.25) is 0 Å². The van der Waals surface area contributed by atoms with E-state index in [1.165, 1.54) is 0 Å². The van der Waals surface area contributed by atoms with Crippen molar-refractivity contribution in [3.05, 3.63) is 29.8 Å². The Morgan fingerprint density at radius 2 is 1.50 bits per heavy atom. The predicted octanol–water partition coefficient (Wildman–Crippen LogP) is 7.91. The van der Waals surface area contributed by atoms with Crippen LogP contribution in [0, 0.1) is 23.7 Å². The van der Waals surface area contributed by atoms with E-state index >= 15 is 0 Å². The van der Waals surface area contributed by atoms with E-state index in [0.717, 1.165) is 12.8 Å². The highest BCUT2D eigenvalue weighted by Crippen LogP contribution is 2.39. The van der Waals surface area contributed by atoms with E-state index in [9.17, 15) is 19.5 Å². The van der Waals surface area contributed by atoms with E-state index in [1.54, 1.807) is 40.0 Å². The van der Waals surface area contributed by atoms with E-state index in [1.807, 2.05) is 26.0 Å². The maximum Gasteiger partial charge on any atom is 0.407 e. The highest BCUT2D eigenvalue weighted by Gasteiger charge is 2.43. The van der Waals surface area contributed by atoms with Crippen LogP contribution < -0.4 is 15.4 Å². The summed E-state index contributed by atoms with van der Waals surface area (Å²) < 4.78 is 23.7. The Morgan fingerprint density at radius 1 is 0.896 bits per heavy atom. The number of carbonyl (C=O) groups excluding carboxylic acids is 2. The highest BCUT2D eigenvalue weighted by atomic mass is 28.4. The molecule has 0 fully saturated rings. The summed E-state index contributed by atoms with van der Waals surface area (Å²) in [6.07, 6.45) is 1.17. The number of aliphatic carboxylic acids is 1. The lowest BCUT2D eigenvalue weighted by Gasteiger charge is -2.43. The quantitative estimate of drug-likeness (QED) is 0.0927. The first-order chi connectivity index (χ1) is 22.1. The molecule has 0 aliphatic carbocycles. The number of carboxylic acids is 1. The molecule has 4 atom stereocenters. The number of ether oxygens (including phenoxy) is 3. The number of benzene rings is 1. The number of rotatable bonds is 20. The van der Waals surface area contributed by atoms with E-state index in [4.69, 9.17) is 18.6 Å². The van der Waals surface area contributed by atoms with Gasteiger partial charge in [-0.05, 0) is 94.5 Å². The van der Waals surface area contributed by atoms with Gasteiger partial charge in [-0.2, -0.15) is 0 Å². The molecule has 0 unspecified atom stereocenters. The molecule has 10 nitrogen and oxygen atoms in total. The van der Waals surface area contributed by atoms with Crippen LogP contribution in [-0.4, -0.2) is 76.0 Å². The Morgan fingerprint density at radius 3 is 2.02 bits per heavy atom. The molecule has 0 saturated carbocycles. The van der Waals surface area contributed by atoms with Gasteiger partial charge >= 0.3 is 12.1 Å². The molecule has 1 rings (SSSR count). The molecule has 0 heterocycles. The molecular weight excluding hydrogens is 628 g/mol. The van der Waals surface area contributed by atoms with E-state index in [-0.39, 0.29) is 35.1 Å². The first-order valence-electron chi connectivity index (χ1n) is 17.5. The second-order valence-electron chi connectivity index (χ2n) is 16.1. The largest absolute Gasteiger partial charge is 0.493 e. The number of carbonyl (C=O) groups is 3. The lowest BCUT2D eigenvalue weighted by molar-refractivity contribution is -0.144. The Kier molecular flexibility index (Phi) is 17.7. The van der Waals surface area contributed by atoms with Gasteiger partial charge in [0.15, 0.2) is 8.32 Å². The minimum absolute atomic E-state index is 0.0798. The summed E-state index contributed by atoms with van der Waals surface area (Å²) in [6.45, 7) is 25.5. The minimum atomic E-state index is -2.42. The number of para-hydroxylation sites is 1. The number of nitrogens with one attached hydrogen (secondary N) is 2. The van der Waals surface area contributed by atoms with Gasteiger partial charge in [-0.3, -0.25) is 9.59 Å². The maximum atomic E-state index is 13.5. The summed E-state index contributed by atoms with van der Waals surface area (Å²) in [5.41, 5.74) is -0.271. The van der Waals surface area contributed by atoms with Crippen molar-refractivity contribution >= 4 is 26.3 Å². The average molecular weight is 695 g/mol. The summed E-state index contributed by atoms with van der Waals surface area (Å²) in [5, 5.41) is 16.2. The Hall–Kier alpha value is -2.63. The zero-order chi connectivity index (χ0) is 36.9. The Balaban J connectivity index is 3.41. The van der Waals surface area contributed by atoms with Crippen LogP contribution in [0.5, 0.6) is 5.75 Å². The van der Waals surface area contributed by atoms with Crippen molar-refractivity contribution in [1.82, 2.24) is 10.6 Å². The van der Waals surface area contributed by atoms with Crippen LogP contribution in [0.2, 0.25) is 18.1 Å². The first kappa shape index (κ1) is 43.4. The number of alkyl carbamates (subject to hydrolysis) is 1. The molecule has 0 spiro atoms. The first-order valence-corrected chi connectivity index (χ1v) is 20.4. The van der Waals surface area contributed by atoms with Gasteiger partial charge < -0.3 is 34.4 Å². The normalized spacial score (nSPS) is 15.1. The summed E-state index contributed by atoms with van der Waals surface area (Å²) in [6, 6.07) is 6.63. The average Bonchev–Trinajstić information content (AvgIpc) is 2.94. The summed E-state index contributed by atoms with van der Waals surface area (Å²) in [5.74, 6) is -1.39. The fourth-order valence-corrected chi connectivity index (χ4v) is 6.44. The molecular formula is C37H66N2O8Si. The Bertz CT molecular complexity index is 1140. The molecule has 0 aliphatic heterocycles. The molecule has 0 aromatic heterocycles. The van der Waals surface area contributed by atoms with E-state index in [0.29, 0.717) is 37.5 Å². The van der Waals surface area contributed by atoms with Crippen molar-refractivity contribution < 1.29 is 38.1 Å². The van der Waals surface area contributed by atoms with Gasteiger partial charge in [0.25, 0.3) is 5.91 Å². The second kappa shape index (κ2) is 19.5. The van der Waals surface area contributed by atoms with Gasteiger partial charge in [-0.15, -0.1) is 0 Å². The third kappa shape index (κ3) is 15.3. The minimum Gasteiger partial charge on any atom is -0.493 e. The number of hydrogen-bond acceptors (Lipinski definition) is 7. The third-order valence-corrected chi connectivity index (χ3v) is 13.7. The standard InChI is InChI=1S/C37H66N2O8Si/c1-25(2)27(24-38-33(40)28-18-14-15-19-31(28)45-21-17-16-20-44-11)22-30(39-35(43)46-36(5,6)7)32(23-29(26(3)4)34(41)42)47-48(12,13)37(8,9)10/h14-15,18-19,25-27,29-30,32H,16-17,20-24H2,1-13H3,(H,38,40)(H,39,43)(H,41,42)/t27-,29+,30+,32+/m1/s1. The monoisotopic (exact) mass is 694 g/mol. The van der Waals surface area contributed by atoms with Crippen LogP contribution >= 0.6 is 0 Å². The molecule has 0 radical (unpaired) electrons. The predicted molar refractivity (Wildman–Crippen MR) is 194 cm³/mol. The molecule has 0 bridgehead atoms. The summed E-state index contributed by atoms with van der Waals surface area (Å²) in [7, 11) is -0.757. The van der Waals surface area contributed by atoms with Gasteiger partial charge in [0.1, 0.15) is 11.4 Å². The topological polar surface area (TPSA) is 132 Å². The SMILES string of the molecule is COCCCCOc1ccccc1C(=O)NC[C@@H](C[C@H](NC(=O)OC(C)(C)C)[C@H](C[C@H](C(=O)O)C(C)C)O[Si](C)(C)C(C)(C)C)C(C)C. The van der Waals surface area contributed by atoms with E-state index < -0.39 is 44.0 Å². The highest BCUT2D eigenvalue weighted by molar-refractivity contribution is 6.74. The molecule has 11 heteroatoms. The van der Waals surface area contributed by atoms with Crippen molar-refractivity contribution in [2.24, 2.45) is 23.7 Å². The molecule has 276 valence electrons. The van der Waals surface area contributed by atoms with Crippen molar-refractivity contribution in [3.63, 3.8) is 0 Å². The van der Waals surface area contributed by atoms with Gasteiger partial charge in [-0.1, -0.05) is 60.6 Å². The molecule has 3 N–H and O–H groups in total. The molecule has 48 heavy (non-hydrogen) atoms. The Labute approximate surface area is 291 Å². The molecule has 1 aromatic rings. The maximum absolute atomic E-state index is 13.5. The van der Waals surface area contributed by atoms with E-state index in [2.05, 4.69) is 58.3 Å². The van der Waals surface area contributed by atoms with Crippen molar-refractivity contribution in [2.45, 2.75) is 131 Å². The number of carboxylic acid groups (broad SMARTS) is 1. The van der Waals surface area contributed by atoms with Crippen molar-refractivity contribution in [1.29, 1.82) is 0 Å². The van der Waals surface area contributed by atoms with Crippen LogP contribution in [0.15, 0.2) is 24.3 Å². The van der Waals surface area contributed by atoms with Crippen LogP contribution in [0.25, 0.3) is 0 Å². The number of methoxy groups -OCH3 is 1. The molecule has 0 aliphatic rings. The molecule has 1 aromatic carbocycles. The lowest BCUT2D eigenvalue weighted by Crippen LogP contribution is -2.54. The summed E-state index contributed by atoms with van der Waals surface area (Å²) >= 11 is 0. The number of hydrogen-bond donors (Lipinski definition) is 3. The molecule has 0 saturated heterocycles.